The Morgan fingerprint density at radius 3 is 2.12 bits per heavy atom. The van der Waals surface area contributed by atoms with Crippen LogP contribution in [0.2, 0.25) is 5.02 Å². The van der Waals surface area contributed by atoms with Crippen LogP contribution in [0.4, 0.5) is 17.3 Å². The number of sulfonamides is 1. The summed E-state index contributed by atoms with van der Waals surface area (Å²) >= 11 is 5.84. The monoisotopic (exact) mass is 388 g/mol. The van der Waals surface area contributed by atoms with E-state index in [9.17, 15) is 8.42 Å². The van der Waals surface area contributed by atoms with Crippen LogP contribution in [-0.2, 0) is 10.0 Å². The maximum Gasteiger partial charge on any atom is 0.263 e. The van der Waals surface area contributed by atoms with Crippen LogP contribution in [0.3, 0.4) is 0 Å². The van der Waals surface area contributed by atoms with Crippen molar-refractivity contribution >= 4 is 38.9 Å². The second-order valence-corrected chi connectivity index (χ2v) is 7.91. The highest BCUT2D eigenvalue weighted by Crippen LogP contribution is 2.20. The van der Waals surface area contributed by atoms with Gasteiger partial charge in [0.1, 0.15) is 0 Å². The van der Waals surface area contributed by atoms with E-state index < -0.39 is 10.0 Å². The van der Waals surface area contributed by atoms with E-state index in [4.69, 9.17) is 11.6 Å². The molecule has 0 bridgehead atoms. The molecule has 3 aromatic rings. The van der Waals surface area contributed by atoms with Crippen LogP contribution in [0.15, 0.2) is 59.5 Å². The number of benzene rings is 2. The van der Waals surface area contributed by atoms with E-state index in [0.717, 1.165) is 16.8 Å². The van der Waals surface area contributed by atoms with Crippen molar-refractivity contribution in [3.05, 3.63) is 70.7 Å². The zero-order chi connectivity index (χ0) is 18.7. The van der Waals surface area contributed by atoms with Crippen LogP contribution in [0, 0.1) is 13.8 Å². The number of nitrogens with zero attached hydrogens (tertiary/aromatic N) is 2. The molecule has 0 amide bonds. The normalized spacial score (nSPS) is 11.2. The first-order valence-corrected chi connectivity index (χ1v) is 9.66. The van der Waals surface area contributed by atoms with Crippen molar-refractivity contribution in [1.82, 2.24) is 10.2 Å². The molecule has 0 saturated heterocycles. The van der Waals surface area contributed by atoms with Crippen LogP contribution >= 0.6 is 11.6 Å². The van der Waals surface area contributed by atoms with Crippen molar-refractivity contribution < 1.29 is 8.42 Å². The molecule has 0 aliphatic heterocycles. The van der Waals surface area contributed by atoms with Gasteiger partial charge in [-0.2, -0.15) is 0 Å². The molecule has 0 radical (unpaired) electrons. The van der Waals surface area contributed by atoms with Gasteiger partial charge in [-0.3, -0.25) is 4.72 Å². The molecule has 2 aromatic carbocycles. The lowest BCUT2D eigenvalue weighted by Crippen LogP contribution is -2.14. The fraction of sp³-hybridized carbons (Fsp3) is 0.111. The zero-order valence-electron chi connectivity index (χ0n) is 14.2. The molecule has 26 heavy (non-hydrogen) atoms. The summed E-state index contributed by atoms with van der Waals surface area (Å²) in [6.07, 6.45) is 0. The summed E-state index contributed by atoms with van der Waals surface area (Å²) in [4.78, 5) is 0.186. The number of nitrogens with one attached hydrogen (secondary N) is 2. The molecule has 0 saturated carbocycles. The third-order valence-corrected chi connectivity index (χ3v) is 5.41. The Balaban J connectivity index is 1.73. The minimum absolute atomic E-state index is 0.143. The number of halogens is 1. The molecule has 0 aliphatic carbocycles. The van der Waals surface area contributed by atoms with E-state index in [2.05, 4.69) is 20.2 Å². The molecule has 2 N–H and O–H groups in total. The Hall–Kier alpha value is -2.64. The SMILES string of the molecule is Cc1ccc(S(=O)(=O)Nc2ccc(Nc3ccc(Cl)cc3)nn2)cc1C. The molecule has 0 unspecified atom stereocenters. The van der Waals surface area contributed by atoms with Gasteiger partial charge in [0.2, 0.25) is 0 Å². The summed E-state index contributed by atoms with van der Waals surface area (Å²) in [5.74, 6) is 0.631. The Kier molecular flexibility index (Phi) is 5.11. The van der Waals surface area contributed by atoms with E-state index in [1.54, 1.807) is 54.6 Å². The Morgan fingerprint density at radius 1 is 0.846 bits per heavy atom. The standard InChI is InChI=1S/C18H17ClN4O2S/c1-12-3-8-16(11-13(12)2)26(24,25)23-18-10-9-17(21-22-18)20-15-6-4-14(19)5-7-15/h3-11H,1-2H3,(H,20,21)(H,22,23). The molecular weight excluding hydrogens is 372 g/mol. The lowest BCUT2D eigenvalue weighted by molar-refractivity contribution is 0.601. The summed E-state index contributed by atoms with van der Waals surface area (Å²) in [5, 5.41) is 11.6. The molecule has 0 spiro atoms. The molecule has 6 nitrogen and oxygen atoms in total. The van der Waals surface area contributed by atoms with E-state index in [-0.39, 0.29) is 10.7 Å². The van der Waals surface area contributed by atoms with Crippen LogP contribution in [-0.4, -0.2) is 18.6 Å². The van der Waals surface area contributed by atoms with Gasteiger partial charge in [-0.05, 0) is 73.5 Å². The predicted octanol–water partition coefficient (Wildman–Crippen LogP) is 4.29. The first-order valence-electron chi connectivity index (χ1n) is 7.80. The van der Waals surface area contributed by atoms with E-state index in [0.29, 0.717) is 10.8 Å². The maximum absolute atomic E-state index is 12.5. The lowest BCUT2D eigenvalue weighted by atomic mass is 10.1. The van der Waals surface area contributed by atoms with E-state index in [1.807, 2.05) is 13.8 Å². The highest BCUT2D eigenvalue weighted by atomic mass is 35.5. The fourth-order valence-electron chi connectivity index (χ4n) is 2.21. The zero-order valence-corrected chi connectivity index (χ0v) is 15.8. The summed E-state index contributed by atoms with van der Waals surface area (Å²) in [6, 6.07) is 15.3. The van der Waals surface area contributed by atoms with Crippen molar-refractivity contribution in [2.75, 3.05) is 10.0 Å². The molecule has 0 fully saturated rings. The highest BCUT2D eigenvalue weighted by Gasteiger charge is 2.15. The second-order valence-electron chi connectivity index (χ2n) is 5.79. The van der Waals surface area contributed by atoms with Gasteiger partial charge in [0.15, 0.2) is 11.6 Å². The Labute approximate surface area is 157 Å². The van der Waals surface area contributed by atoms with Crippen LogP contribution in [0.1, 0.15) is 11.1 Å². The minimum atomic E-state index is -3.72. The number of aromatic nitrogens is 2. The third-order valence-electron chi connectivity index (χ3n) is 3.81. The summed E-state index contributed by atoms with van der Waals surface area (Å²) in [5.41, 5.74) is 2.73. The van der Waals surface area contributed by atoms with Gasteiger partial charge < -0.3 is 5.32 Å². The van der Waals surface area contributed by atoms with Gasteiger partial charge in [-0.15, -0.1) is 10.2 Å². The highest BCUT2D eigenvalue weighted by molar-refractivity contribution is 7.92. The van der Waals surface area contributed by atoms with Crippen molar-refractivity contribution in [2.45, 2.75) is 18.7 Å². The average molecular weight is 389 g/mol. The molecule has 1 heterocycles. The largest absolute Gasteiger partial charge is 0.339 e. The molecule has 3 rings (SSSR count). The van der Waals surface area contributed by atoms with Gasteiger partial charge in [-0.1, -0.05) is 17.7 Å². The Bertz CT molecular complexity index is 1020. The van der Waals surface area contributed by atoms with Crippen molar-refractivity contribution in [2.24, 2.45) is 0 Å². The lowest BCUT2D eigenvalue weighted by Gasteiger charge is -2.09. The number of anilines is 3. The number of aryl methyl sites for hydroxylation is 2. The van der Waals surface area contributed by atoms with Crippen LogP contribution in [0.5, 0.6) is 0 Å². The Morgan fingerprint density at radius 2 is 1.50 bits per heavy atom. The minimum Gasteiger partial charge on any atom is -0.339 e. The molecular formula is C18H17ClN4O2S. The third kappa shape index (κ3) is 4.30. The van der Waals surface area contributed by atoms with Crippen molar-refractivity contribution in [1.29, 1.82) is 0 Å². The quantitative estimate of drug-likeness (QED) is 0.681. The predicted molar refractivity (Wildman–Crippen MR) is 103 cm³/mol. The summed E-state index contributed by atoms with van der Waals surface area (Å²) in [7, 11) is -3.72. The number of rotatable bonds is 5. The summed E-state index contributed by atoms with van der Waals surface area (Å²) < 4.78 is 27.4. The fourth-order valence-corrected chi connectivity index (χ4v) is 3.42. The topological polar surface area (TPSA) is 84.0 Å². The van der Waals surface area contributed by atoms with Crippen molar-refractivity contribution in [3.8, 4) is 0 Å². The van der Waals surface area contributed by atoms with Gasteiger partial charge in [0.25, 0.3) is 10.0 Å². The molecule has 0 atom stereocenters. The van der Waals surface area contributed by atoms with Gasteiger partial charge in [-0.25, -0.2) is 8.42 Å². The number of hydrogen-bond donors (Lipinski definition) is 2. The second kappa shape index (κ2) is 7.31. The first kappa shape index (κ1) is 18.2. The van der Waals surface area contributed by atoms with Gasteiger partial charge >= 0.3 is 0 Å². The average Bonchev–Trinajstić information content (AvgIpc) is 2.61. The molecule has 134 valence electrons. The van der Waals surface area contributed by atoms with Crippen LogP contribution in [0.25, 0.3) is 0 Å². The smallest absolute Gasteiger partial charge is 0.263 e. The van der Waals surface area contributed by atoms with E-state index >= 15 is 0 Å². The van der Waals surface area contributed by atoms with Crippen LogP contribution < -0.4 is 10.0 Å². The molecule has 0 aliphatic rings. The first-order chi connectivity index (χ1) is 12.3. The number of hydrogen-bond acceptors (Lipinski definition) is 5. The van der Waals surface area contributed by atoms with Gasteiger partial charge in [0, 0.05) is 10.7 Å². The molecule has 8 heteroatoms. The van der Waals surface area contributed by atoms with E-state index in [1.165, 1.54) is 0 Å². The summed E-state index contributed by atoms with van der Waals surface area (Å²) in [6.45, 7) is 3.79. The van der Waals surface area contributed by atoms with Crippen molar-refractivity contribution in [3.63, 3.8) is 0 Å². The maximum atomic E-state index is 12.5. The molecule has 1 aromatic heterocycles. The van der Waals surface area contributed by atoms with Gasteiger partial charge in [0.05, 0.1) is 4.90 Å².